The highest BCUT2D eigenvalue weighted by molar-refractivity contribution is 8.01. The van der Waals surface area contributed by atoms with Crippen molar-refractivity contribution in [3.8, 4) is 0 Å². The zero-order chi connectivity index (χ0) is 30.8. The molecule has 0 aliphatic heterocycles. The van der Waals surface area contributed by atoms with Crippen molar-refractivity contribution in [3.63, 3.8) is 0 Å². The van der Waals surface area contributed by atoms with E-state index in [-0.39, 0.29) is 47.7 Å². The van der Waals surface area contributed by atoms with Crippen LogP contribution in [-0.4, -0.2) is 76.3 Å². The number of thioether (sulfide) groups is 2. The number of nitrogens with one attached hydrogen (secondary N) is 2. The van der Waals surface area contributed by atoms with Crippen LogP contribution in [-0.2, 0) is 29.3 Å². The first-order valence-electron chi connectivity index (χ1n) is 13.7. The van der Waals surface area contributed by atoms with E-state index >= 15 is 0 Å². The largest absolute Gasteiger partial charge is 0.356 e. The van der Waals surface area contributed by atoms with Crippen LogP contribution in [0.25, 0.3) is 0 Å². The van der Waals surface area contributed by atoms with Crippen LogP contribution in [0, 0.1) is 0 Å². The third-order valence-electron chi connectivity index (χ3n) is 5.98. The van der Waals surface area contributed by atoms with Crippen LogP contribution in [0.15, 0.2) is 58.3 Å². The molecule has 0 aliphatic rings. The van der Waals surface area contributed by atoms with Gasteiger partial charge < -0.3 is 10.6 Å². The quantitative estimate of drug-likeness (QED) is 0.133. The second kappa shape index (κ2) is 19.8. The number of hydrogen-bond acceptors (Lipinski definition) is 8. The molecule has 234 valence electrons. The maximum atomic E-state index is 12.2. The lowest BCUT2D eigenvalue weighted by molar-refractivity contribution is -0.121. The third kappa shape index (κ3) is 17.6. The van der Waals surface area contributed by atoms with Crippen molar-refractivity contribution in [2.75, 3.05) is 47.6 Å². The van der Waals surface area contributed by atoms with Gasteiger partial charge in [0, 0.05) is 57.3 Å². The van der Waals surface area contributed by atoms with E-state index in [4.69, 9.17) is 23.2 Å². The van der Waals surface area contributed by atoms with Gasteiger partial charge in [0.1, 0.15) is 0 Å². The van der Waals surface area contributed by atoms with E-state index in [1.165, 1.54) is 23.5 Å². The van der Waals surface area contributed by atoms with Crippen molar-refractivity contribution < 1.29 is 26.4 Å². The Morgan fingerprint density at radius 2 is 0.929 bits per heavy atom. The Morgan fingerprint density at radius 3 is 1.29 bits per heavy atom. The standard InChI is InChI=1S/C28H38Cl2N2O6S4/c29-23-5-9-25(10-6-23)39-17-21-41(35,36)19-13-27(33)31-15-3-1-2-4-16-32-28(34)14-20-42(37,38)22-18-40-26-11-7-24(30)8-12-26/h5-12H,1-4,13-22H2,(H,31,33)(H,32,34). The van der Waals surface area contributed by atoms with E-state index in [0.29, 0.717) is 34.6 Å². The van der Waals surface area contributed by atoms with Crippen LogP contribution in [0.1, 0.15) is 38.5 Å². The van der Waals surface area contributed by atoms with Gasteiger partial charge in [-0.3, -0.25) is 9.59 Å². The number of unbranched alkanes of at least 4 members (excludes halogenated alkanes) is 3. The monoisotopic (exact) mass is 696 g/mol. The topological polar surface area (TPSA) is 126 Å². The van der Waals surface area contributed by atoms with Gasteiger partial charge in [-0.25, -0.2) is 16.8 Å². The Morgan fingerprint density at radius 1 is 0.571 bits per heavy atom. The summed E-state index contributed by atoms with van der Waals surface area (Å²) in [5, 5.41) is 6.76. The highest BCUT2D eigenvalue weighted by Gasteiger charge is 2.15. The first kappa shape index (κ1) is 36.8. The minimum atomic E-state index is -3.32. The maximum absolute atomic E-state index is 12.2. The summed E-state index contributed by atoms with van der Waals surface area (Å²) in [6.45, 7) is 0.928. The van der Waals surface area contributed by atoms with Crippen molar-refractivity contribution >= 4 is 78.2 Å². The SMILES string of the molecule is O=C(CCS(=O)(=O)CCSc1ccc(Cl)cc1)NCCCCCCNC(=O)CCS(=O)(=O)CCSc1ccc(Cl)cc1. The van der Waals surface area contributed by atoms with Gasteiger partial charge in [-0.15, -0.1) is 23.5 Å². The molecule has 2 N–H and O–H groups in total. The van der Waals surface area contributed by atoms with Gasteiger partial charge in [0.15, 0.2) is 19.7 Å². The molecular weight excluding hydrogens is 659 g/mol. The fourth-order valence-corrected chi connectivity index (χ4v) is 9.05. The van der Waals surface area contributed by atoms with Crippen molar-refractivity contribution in [1.82, 2.24) is 10.6 Å². The molecule has 0 bridgehead atoms. The van der Waals surface area contributed by atoms with Gasteiger partial charge in [-0.1, -0.05) is 36.0 Å². The van der Waals surface area contributed by atoms with Crippen LogP contribution >= 0.6 is 46.7 Å². The van der Waals surface area contributed by atoms with Gasteiger partial charge >= 0.3 is 0 Å². The van der Waals surface area contributed by atoms with Crippen molar-refractivity contribution in [1.29, 1.82) is 0 Å². The lowest BCUT2D eigenvalue weighted by atomic mass is 10.2. The lowest BCUT2D eigenvalue weighted by Crippen LogP contribution is -2.28. The molecule has 8 nitrogen and oxygen atoms in total. The summed E-state index contributed by atoms with van der Waals surface area (Å²) in [4.78, 5) is 25.9. The highest BCUT2D eigenvalue weighted by Crippen LogP contribution is 2.21. The minimum absolute atomic E-state index is 0.00418. The number of hydrogen-bond donors (Lipinski definition) is 2. The molecule has 0 spiro atoms. The number of carbonyl (C=O) groups is 2. The Labute approximate surface area is 268 Å². The molecule has 0 atom stereocenters. The van der Waals surface area contributed by atoms with Gasteiger partial charge in [-0.2, -0.15) is 0 Å². The molecule has 2 rings (SSSR count). The average Bonchev–Trinajstić information content (AvgIpc) is 2.94. The Kier molecular flexibility index (Phi) is 17.3. The molecule has 0 saturated heterocycles. The number of carbonyl (C=O) groups excluding carboxylic acids is 2. The second-order valence-electron chi connectivity index (χ2n) is 9.52. The van der Waals surface area contributed by atoms with E-state index in [0.717, 1.165) is 35.5 Å². The number of benzene rings is 2. The van der Waals surface area contributed by atoms with Gasteiger partial charge in [-0.05, 0) is 61.4 Å². The van der Waals surface area contributed by atoms with Crippen LogP contribution in [0.3, 0.4) is 0 Å². The van der Waals surface area contributed by atoms with Gasteiger partial charge in [0.25, 0.3) is 0 Å². The molecule has 14 heteroatoms. The van der Waals surface area contributed by atoms with Crippen LogP contribution < -0.4 is 10.6 Å². The van der Waals surface area contributed by atoms with Crippen molar-refractivity contribution in [2.45, 2.75) is 48.3 Å². The second-order valence-corrected chi connectivity index (χ2v) is 17.3. The summed E-state index contributed by atoms with van der Waals surface area (Å²) in [6.07, 6.45) is 3.06. The maximum Gasteiger partial charge on any atom is 0.221 e. The Balaban J connectivity index is 1.43. The summed E-state index contributed by atoms with van der Waals surface area (Å²) in [7, 11) is -6.63. The summed E-state index contributed by atoms with van der Waals surface area (Å²) in [5.74, 6) is -0.0856. The molecule has 0 fully saturated rings. The molecule has 0 aromatic heterocycles. The normalized spacial score (nSPS) is 11.8. The van der Waals surface area contributed by atoms with E-state index in [1.807, 2.05) is 24.3 Å². The van der Waals surface area contributed by atoms with E-state index in [9.17, 15) is 26.4 Å². The molecule has 0 heterocycles. The molecular formula is C28H38Cl2N2O6S4. The van der Waals surface area contributed by atoms with Crippen molar-refractivity contribution in [2.24, 2.45) is 0 Å². The number of amides is 2. The summed E-state index contributed by atoms with van der Waals surface area (Å²) in [5.41, 5.74) is 0. The zero-order valence-corrected chi connectivity index (χ0v) is 28.1. The molecule has 2 aromatic rings. The molecule has 0 saturated carbocycles. The van der Waals surface area contributed by atoms with Gasteiger partial charge in [0.05, 0.1) is 23.0 Å². The molecule has 0 radical (unpaired) electrons. The minimum Gasteiger partial charge on any atom is -0.356 e. The van der Waals surface area contributed by atoms with Crippen molar-refractivity contribution in [3.05, 3.63) is 58.6 Å². The highest BCUT2D eigenvalue weighted by atomic mass is 35.5. The van der Waals surface area contributed by atoms with Crippen LogP contribution in [0.5, 0.6) is 0 Å². The predicted molar refractivity (Wildman–Crippen MR) is 175 cm³/mol. The summed E-state index contributed by atoms with van der Waals surface area (Å²) < 4.78 is 48.9. The Bertz CT molecular complexity index is 1220. The van der Waals surface area contributed by atoms with E-state index in [2.05, 4.69) is 10.6 Å². The van der Waals surface area contributed by atoms with E-state index < -0.39 is 19.7 Å². The average molecular weight is 698 g/mol. The van der Waals surface area contributed by atoms with Crippen LogP contribution in [0.4, 0.5) is 0 Å². The Hall–Kier alpha value is -1.44. The van der Waals surface area contributed by atoms with Crippen LogP contribution in [0.2, 0.25) is 10.0 Å². The zero-order valence-electron chi connectivity index (χ0n) is 23.4. The molecule has 42 heavy (non-hydrogen) atoms. The lowest BCUT2D eigenvalue weighted by Gasteiger charge is -2.08. The first-order valence-corrected chi connectivity index (χ1v) is 20.0. The predicted octanol–water partition coefficient (Wildman–Crippen LogP) is 5.28. The first-order chi connectivity index (χ1) is 19.9. The molecule has 0 unspecified atom stereocenters. The molecule has 2 amide bonds. The fourth-order valence-electron chi connectivity index (χ4n) is 3.57. The van der Waals surface area contributed by atoms with Gasteiger partial charge in [0.2, 0.25) is 11.8 Å². The fraction of sp³-hybridized carbons (Fsp3) is 0.500. The summed E-state index contributed by atoms with van der Waals surface area (Å²) >= 11 is 14.6. The number of rotatable bonds is 21. The molecule has 2 aromatic carbocycles. The number of sulfone groups is 2. The van der Waals surface area contributed by atoms with E-state index in [1.54, 1.807) is 24.3 Å². The smallest absolute Gasteiger partial charge is 0.221 e. The summed E-state index contributed by atoms with van der Waals surface area (Å²) in [6, 6.07) is 14.4. The third-order valence-corrected chi connectivity index (χ3v) is 12.3. The number of halogens is 2. The molecule has 0 aliphatic carbocycles.